The molecule has 0 amide bonds. The molecule has 0 atom stereocenters. The molecule has 6 nitrogen and oxygen atoms in total. The van der Waals surface area contributed by atoms with Crippen LogP contribution in [0, 0.1) is 0 Å². The van der Waals surface area contributed by atoms with Crippen molar-refractivity contribution in [1.82, 2.24) is 9.55 Å². The Morgan fingerprint density at radius 3 is 3.06 bits per heavy atom. The summed E-state index contributed by atoms with van der Waals surface area (Å²) in [4.78, 5) is 16.9. The zero-order valence-corrected chi connectivity index (χ0v) is 9.04. The van der Waals surface area contributed by atoms with E-state index in [0.717, 1.165) is 18.9 Å². The Morgan fingerprint density at radius 1 is 1.41 bits per heavy atom. The lowest BCUT2D eigenvalue weighted by atomic mass is 10.3. The lowest BCUT2D eigenvalue weighted by molar-refractivity contribution is 0.0663. The number of nitrogens with zero attached hydrogens (tertiary/aromatic N) is 3. The normalized spacial score (nSPS) is 14.7. The largest absolute Gasteiger partial charge is 0.475 e. The maximum atomic E-state index is 10.7. The van der Waals surface area contributed by atoms with Crippen LogP contribution < -0.4 is 4.90 Å². The van der Waals surface area contributed by atoms with E-state index in [2.05, 4.69) is 9.55 Å². The first-order valence-electron chi connectivity index (χ1n) is 5.32. The van der Waals surface area contributed by atoms with Crippen LogP contribution in [-0.2, 0) is 13.1 Å². The summed E-state index contributed by atoms with van der Waals surface area (Å²) in [6.45, 7) is 2.26. The Hall–Kier alpha value is -2.24. The molecule has 3 rings (SSSR count). The van der Waals surface area contributed by atoms with Gasteiger partial charge in [-0.15, -0.1) is 0 Å². The molecule has 1 aliphatic rings. The Labute approximate surface area is 97.1 Å². The van der Waals surface area contributed by atoms with Crippen molar-refractivity contribution in [2.24, 2.45) is 0 Å². The van der Waals surface area contributed by atoms with Gasteiger partial charge in [-0.1, -0.05) is 0 Å². The van der Waals surface area contributed by atoms with E-state index in [1.165, 1.54) is 6.07 Å². The van der Waals surface area contributed by atoms with Crippen LogP contribution in [0.1, 0.15) is 16.4 Å². The Balaban J connectivity index is 1.84. The summed E-state index contributed by atoms with van der Waals surface area (Å²) >= 11 is 0. The zero-order valence-electron chi connectivity index (χ0n) is 9.04. The van der Waals surface area contributed by atoms with Gasteiger partial charge in [-0.2, -0.15) is 0 Å². The minimum Gasteiger partial charge on any atom is -0.475 e. The van der Waals surface area contributed by atoms with Crippen molar-refractivity contribution in [2.75, 3.05) is 11.4 Å². The number of carboxylic acid groups (broad SMARTS) is 1. The quantitative estimate of drug-likeness (QED) is 0.843. The topological polar surface area (TPSA) is 71.5 Å². The standard InChI is InChI=1S/C11H11N3O3/c15-11(16)8-1-2-10(17-8)14-6-5-13-4-3-12-9(13)7-14/h1-4H,5-7H2,(H,15,16). The number of aromatic carboxylic acids is 1. The van der Waals surface area contributed by atoms with E-state index in [9.17, 15) is 4.79 Å². The predicted octanol–water partition coefficient (Wildman–Crippen LogP) is 1.19. The third kappa shape index (κ3) is 1.67. The fourth-order valence-corrected chi connectivity index (χ4v) is 1.97. The summed E-state index contributed by atoms with van der Waals surface area (Å²) < 4.78 is 7.35. The van der Waals surface area contributed by atoms with Crippen LogP contribution in [0.15, 0.2) is 28.9 Å². The van der Waals surface area contributed by atoms with Crippen LogP contribution >= 0.6 is 0 Å². The Kier molecular flexibility index (Phi) is 2.14. The van der Waals surface area contributed by atoms with E-state index in [1.54, 1.807) is 12.3 Å². The first kappa shape index (κ1) is 9.95. The van der Waals surface area contributed by atoms with Gasteiger partial charge in [-0.3, -0.25) is 0 Å². The summed E-state index contributed by atoms with van der Waals surface area (Å²) in [7, 11) is 0. The SMILES string of the molecule is O=C(O)c1ccc(N2CCn3ccnc3C2)o1. The van der Waals surface area contributed by atoms with Crippen molar-refractivity contribution in [3.8, 4) is 0 Å². The molecule has 0 bridgehead atoms. The van der Waals surface area contributed by atoms with Crippen LogP contribution in [0.2, 0.25) is 0 Å². The maximum absolute atomic E-state index is 10.7. The molecule has 0 saturated carbocycles. The van der Waals surface area contributed by atoms with E-state index >= 15 is 0 Å². The van der Waals surface area contributed by atoms with E-state index < -0.39 is 5.97 Å². The number of rotatable bonds is 2. The second-order valence-corrected chi connectivity index (χ2v) is 3.90. The molecule has 88 valence electrons. The zero-order chi connectivity index (χ0) is 11.8. The van der Waals surface area contributed by atoms with Crippen molar-refractivity contribution >= 4 is 11.9 Å². The van der Waals surface area contributed by atoms with Gasteiger partial charge in [0.15, 0.2) is 5.88 Å². The van der Waals surface area contributed by atoms with Crippen LogP contribution in [0.5, 0.6) is 0 Å². The number of aromatic nitrogens is 2. The van der Waals surface area contributed by atoms with E-state index in [0.29, 0.717) is 12.4 Å². The van der Waals surface area contributed by atoms with Crippen molar-refractivity contribution in [3.63, 3.8) is 0 Å². The van der Waals surface area contributed by atoms with Crippen molar-refractivity contribution in [3.05, 3.63) is 36.1 Å². The molecule has 0 saturated heterocycles. The van der Waals surface area contributed by atoms with Crippen LogP contribution in [0.4, 0.5) is 5.88 Å². The number of hydrogen-bond acceptors (Lipinski definition) is 4. The Morgan fingerprint density at radius 2 is 2.29 bits per heavy atom. The second kappa shape index (κ2) is 3.65. The molecule has 0 spiro atoms. The average molecular weight is 233 g/mol. The van der Waals surface area contributed by atoms with E-state index in [1.807, 2.05) is 11.1 Å². The van der Waals surface area contributed by atoms with Gasteiger partial charge in [0.2, 0.25) is 5.76 Å². The second-order valence-electron chi connectivity index (χ2n) is 3.90. The minimum atomic E-state index is -1.05. The van der Waals surface area contributed by atoms with Gasteiger partial charge in [0.1, 0.15) is 5.82 Å². The number of hydrogen-bond donors (Lipinski definition) is 1. The Bertz CT molecular complexity index is 558. The molecule has 1 N–H and O–H groups in total. The summed E-state index contributed by atoms with van der Waals surface area (Å²) in [5.74, 6) is 0.463. The highest BCUT2D eigenvalue weighted by atomic mass is 16.4. The molecule has 3 heterocycles. The first-order chi connectivity index (χ1) is 8.24. The van der Waals surface area contributed by atoms with Gasteiger partial charge < -0.3 is 19.0 Å². The predicted molar refractivity (Wildman–Crippen MR) is 58.9 cm³/mol. The fraction of sp³-hybridized carbons (Fsp3) is 0.273. The summed E-state index contributed by atoms with van der Waals surface area (Å²) in [6, 6.07) is 3.15. The lowest BCUT2D eigenvalue weighted by Crippen LogP contribution is -2.33. The summed E-state index contributed by atoms with van der Waals surface area (Å²) in [5, 5.41) is 8.79. The molecule has 0 unspecified atom stereocenters. The van der Waals surface area contributed by atoms with Crippen LogP contribution in [0.3, 0.4) is 0 Å². The van der Waals surface area contributed by atoms with Crippen LogP contribution in [-0.4, -0.2) is 27.2 Å². The number of carbonyl (C=O) groups is 1. The third-order valence-corrected chi connectivity index (χ3v) is 2.86. The highest BCUT2D eigenvalue weighted by Crippen LogP contribution is 2.22. The van der Waals surface area contributed by atoms with Crippen molar-refractivity contribution < 1.29 is 14.3 Å². The fourth-order valence-electron chi connectivity index (χ4n) is 1.97. The number of carboxylic acids is 1. The monoisotopic (exact) mass is 233 g/mol. The molecule has 2 aromatic rings. The van der Waals surface area contributed by atoms with Gasteiger partial charge in [-0.25, -0.2) is 9.78 Å². The number of fused-ring (bicyclic) bond motifs is 1. The number of anilines is 1. The van der Waals surface area contributed by atoms with Gasteiger partial charge in [0.25, 0.3) is 0 Å². The molecular formula is C11H11N3O3. The molecule has 1 aliphatic heterocycles. The first-order valence-corrected chi connectivity index (χ1v) is 5.32. The smallest absolute Gasteiger partial charge is 0.371 e. The van der Waals surface area contributed by atoms with E-state index in [-0.39, 0.29) is 5.76 Å². The van der Waals surface area contributed by atoms with Gasteiger partial charge in [-0.05, 0) is 6.07 Å². The highest BCUT2D eigenvalue weighted by Gasteiger charge is 2.20. The van der Waals surface area contributed by atoms with Crippen molar-refractivity contribution in [2.45, 2.75) is 13.1 Å². The molecule has 0 aromatic carbocycles. The summed E-state index contributed by atoms with van der Waals surface area (Å²) in [6.07, 6.45) is 3.71. The maximum Gasteiger partial charge on any atom is 0.371 e. The van der Waals surface area contributed by atoms with Gasteiger partial charge in [0, 0.05) is 31.5 Å². The third-order valence-electron chi connectivity index (χ3n) is 2.86. The van der Waals surface area contributed by atoms with Crippen LogP contribution in [0.25, 0.3) is 0 Å². The van der Waals surface area contributed by atoms with Gasteiger partial charge >= 0.3 is 5.97 Å². The molecule has 17 heavy (non-hydrogen) atoms. The average Bonchev–Trinajstić information content (AvgIpc) is 2.97. The molecule has 0 aliphatic carbocycles. The molecule has 2 aromatic heterocycles. The van der Waals surface area contributed by atoms with E-state index in [4.69, 9.17) is 9.52 Å². The molecule has 0 radical (unpaired) electrons. The minimum absolute atomic E-state index is 0.0334. The number of imidazole rings is 1. The lowest BCUT2D eigenvalue weighted by Gasteiger charge is -2.27. The summed E-state index contributed by atoms with van der Waals surface area (Å²) in [5.41, 5.74) is 0. The molecule has 0 fully saturated rings. The number of furan rings is 1. The molecular weight excluding hydrogens is 222 g/mol. The molecule has 6 heteroatoms. The highest BCUT2D eigenvalue weighted by molar-refractivity contribution is 5.84. The van der Waals surface area contributed by atoms with Crippen molar-refractivity contribution in [1.29, 1.82) is 0 Å². The van der Waals surface area contributed by atoms with Gasteiger partial charge in [0.05, 0.1) is 6.54 Å².